The Balaban J connectivity index is 2.13. The van der Waals surface area contributed by atoms with E-state index in [-0.39, 0.29) is 0 Å². The summed E-state index contributed by atoms with van der Waals surface area (Å²) in [5.41, 5.74) is 4.50. The Hall–Kier alpha value is -0.600. The average molecular weight is 264 g/mol. The first kappa shape index (κ1) is 12.8. The van der Waals surface area contributed by atoms with Crippen LogP contribution in [0.1, 0.15) is 46.2 Å². The van der Waals surface area contributed by atoms with E-state index in [9.17, 15) is 0 Å². The van der Waals surface area contributed by atoms with Crippen LogP contribution in [0.5, 0.6) is 0 Å². The molecule has 2 heterocycles. The van der Waals surface area contributed by atoms with E-state index in [1.165, 1.54) is 32.9 Å². The van der Waals surface area contributed by atoms with E-state index in [0.717, 1.165) is 6.42 Å². The minimum Gasteiger partial charge on any atom is -0.152 e. The minimum atomic E-state index is 0.643. The van der Waals surface area contributed by atoms with Crippen molar-refractivity contribution in [2.24, 2.45) is 0 Å². The summed E-state index contributed by atoms with van der Waals surface area (Å²) in [6, 6.07) is 2.40. The standard InChI is InChI=1S/C15H20S2/c1-5-13-7-14(17-12(13)4)6-10(2)15-9-16-8-11(15)3/h7-10H,5-6H2,1-4H3. The first-order chi connectivity index (χ1) is 8.11. The predicted molar refractivity (Wildman–Crippen MR) is 79.6 cm³/mol. The highest BCUT2D eigenvalue weighted by atomic mass is 32.1. The maximum Gasteiger partial charge on any atom is 0.00568 e. The van der Waals surface area contributed by atoms with Gasteiger partial charge in [0.25, 0.3) is 0 Å². The van der Waals surface area contributed by atoms with Crippen LogP contribution in [0, 0.1) is 13.8 Å². The number of rotatable bonds is 4. The van der Waals surface area contributed by atoms with E-state index in [4.69, 9.17) is 0 Å². The van der Waals surface area contributed by atoms with Gasteiger partial charge >= 0.3 is 0 Å². The zero-order valence-electron chi connectivity index (χ0n) is 11.0. The molecule has 2 rings (SSSR count). The molecule has 0 aliphatic rings. The second-order valence-corrected chi connectivity index (χ2v) is 6.85. The fourth-order valence-corrected chi connectivity index (χ4v) is 4.56. The summed E-state index contributed by atoms with van der Waals surface area (Å²) in [7, 11) is 0. The fourth-order valence-electron chi connectivity index (χ4n) is 2.33. The molecule has 0 aliphatic carbocycles. The highest BCUT2D eigenvalue weighted by Gasteiger charge is 2.12. The van der Waals surface area contributed by atoms with Crippen molar-refractivity contribution in [3.8, 4) is 0 Å². The number of hydrogen-bond donors (Lipinski definition) is 0. The van der Waals surface area contributed by atoms with Crippen LogP contribution in [0.2, 0.25) is 0 Å². The van der Waals surface area contributed by atoms with E-state index in [1.807, 2.05) is 22.7 Å². The maximum absolute atomic E-state index is 2.40. The molecule has 1 atom stereocenters. The molecule has 0 aliphatic heterocycles. The number of hydrogen-bond acceptors (Lipinski definition) is 2. The summed E-state index contributed by atoms with van der Waals surface area (Å²) in [4.78, 5) is 3.04. The van der Waals surface area contributed by atoms with Crippen molar-refractivity contribution in [2.45, 2.75) is 46.5 Å². The van der Waals surface area contributed by atoms with E-state index in [0.29, 0.717) is 5.92 Å². The predicted octanol–water partition coefficient (Wildman–Crippen LogP) is 5.34. The van der Waals surface area contributed by atoms with E-state index in [2.05, 4.69) is 44.5 Å². The second kappa shape index (κ2) is 5.36. The SMILES string of the molecule is CCc1cc(CC(C)c2cscc2C)sc1C. The van der Waals surface area contributed by atoms with E-state index >= 15 is 0 Å². The Morgan fingerprint density at radius 1 is 1.24 bits per heavy atom. The molecule has 2 aromatic heterocycles. The molecule has 0 nitrogen and oxygen atoms in total. The number of thiophene rings is 2. The third-order valence-corrected chi connectivity index (χ3v) is 5.38. The van der Waals surface area contributed by atoms with Gasteiger partial charge in [-0.2, -0.15) is 11.3 Å². The molecule has 1 unspecified atom stereocenters. The third-order valence-electron chi connectivity index (χ3n) is 3.39. The minimum absolute atomic E-state index is 0.643. The van der Waals surface area contributed by atoms with Crippen LogP contribution < -0.4 is 0 Å². The van der Waals surface area contributed by atoms with Gasteiger partial charge in [0.05, 0.1) is 0 Å². The van der Waals surface area contributed by atoms with Crippen LogP contribution in [-0.4, -0.2) is 0 Å². The molecule has 0 saturated heterocycles. The van der Waals surface area contributed by atoms with Gasteiger partial charge in [0.1, 0.15) is 0 Å². The Morgan fingerprint density at radius 3 is 2.53 bits per heavy atom. The lowest BCUT2D eigenvalue weighted by Crippen LogP contribution is -1.96. The van der Waals surface area contributed by atoms with Crippen molar-refractivity contribution in [2.75, 3.05) is 0 Å². The highest BCUT2D eigenvalue weighted by molar-refractivity contribution is 7.12. The monoisotopic (exact) mass is 264 g/mol. The summed E-state index contributed by atoms with van der Waals surface area (Å²) in [5, 5.41) is 4.56. The topological polar surface area (TPSA) is 0 Å². The van der Waals surface area contributed by atoms with Crippen LogP contribution in [0.25, 0.3) is 0 Å². The van der Waals surface area contributed by atoms with Gasteiger partial charge in [-0.15, -0.1) is 11.3 Å². The van der Waals surface area contributed by atoms with E-state index < -0.39 is 0 Å². The molecule has 0 fully saturated rings. The molecule has 2 heteroatoms. The van der Waals surface area contributed by atoms with Crippen molar-refractivity contribution in [3.63, 3.8) is 0 Å². The van der Waals surface area contributed by atoms with Gasteiger partial charge in [-0.05, 0) is 66.1 Å². The quantitative estimate of drug-likeness (QED) is 0.699. The Bertz CT molecular complexity index is 491. The Labute approximate surface area is 112 Å². The van der Waals surface area contributed by atoms with Crippen molar-refractivity contribution in [3.05, 3.63) is 43.3 Å². The third kappa shape index (κ3) is 2.80. The summed E-state index contributed by atoms with van der Waals surface area (Å²) in [6.45, 7) is 9.05. The normalized spacial score (nSPS) is 12.9. The first-order valence-electron chi connectivity index (χ1n) is 6.22. The van der Waals surface area contributed by atoms with Gasteiger partial charge in [-0.1, -0.05) is 13.8 Å². The van der Waals surface area contributed by atoms with E-state index in [1.54, 1.807) is 0 Å². The van der Waals surface area contributed by atoms with Crippen LogP contribution in [0.15, 0.2) is 16.8 Å². The lowest BCUT2D eigenvalue weighted by atomic mass is 9.96. The molecule has 0 radical (unpaired) electrons. The van der Waals surface area contributed by atoms with Gasteiger partial charge in [0, 0.05) is 9.75 Å². The average Bonchev–Trinajstić information content (AvgIpc) is 2.84. The van der Waals surface area contributed by atoms with Crippen molar-refractivity contribution < 1.29 is 0 Å². The molecular weight excluding hydrogens is 244 g/mol. The zero-order chi connectivity index (χ0) is 12.4. The molecule has 0 bridgehead atoms. The summed E-state index contributed by atoms with van der Waals surface area (Å²) in [5.74, 6) is 0.643. The van der Waals surface area contributed by atoms with Gasteiger partial charge in [-0.25, -0.2) is 0 Å². The molecular formula is C15H20S2. The van der Waals surface area contributed by atoms with Crippen LogP contribution in [-0.2, 0) is 12.8 Å². The van der Waals surface area contributed by atoms with Gasteiger partial charge < -0.3 is 0 Å². The molecule has 0 saturated carbocycles. The number of aryl methyl sites for hydroxylation is 3. The van der Waals surface area contributed by atoms with Gasteiger partial charge in [-0.3, -0.25) is 0 Å². The first-order valence-corrected chi connectivity index (χ1v) is 7.98. The van der Waals surface area contributed by atoms with Crippen LogP contribution in [0.3, 0.4) is 0 Å². The van der Waals surface area contributed by atoms with Crippen LogP contribution >= 0.6 is 22.7 Å². The smallest absolute Gasteiger partial charge is 0.00568 e. The molecule has 92 valence electrons. The van der Waals surface area contributed by atoms with Crippen molar-refractivity contribution in [1.29, 1.82) is 0 Å². The summed E-state index contributed by atoms with van der Waals surface area (Å²) < 4.78 is 0. The molecule has 2 aromatic rings. The zero-order valence-corrected chi connectivity index (χ0v) is 12.7. The lowest BCUT2D eigenvalue weighted by molar-refractivity contribution is 0.766. The van der Waals surface area contributed by atoms with Crippen LogP contribution in [0.4, 0.5) is 0 Å². The molecule has 17 heavy (non-hydrogen) atoms. The maximum atomic E-state index is 2.40. The Morgan fingerprint density at radius 2 is 2.00 bits per heavy atom. The second-order valence-electron chi connectivity index (χ2n) is 4.76. The van der Waals surface area contributed by atoms with Gasteiger partial charge in [0.15, 0.2) is 0 Å². The van der Waals surface area contributed by atoms with Crippen molar-refractivity contribution in [1.82, 2.24) is 0 Å². The largest absolute Gasteiger partial charge is 0.152 e. The Kier molecular flexibility index (Phi) is 4.05. The lowest BCUT2D eigenvalue weighted by Gasteiger charge is -2.09. The summed E-state index contributed by atoms with van der Waals surface area (Å²) in [6.07, 6.45) is 2.34. The van der Waals surface area contributed by atoms with Gasteiger partial charge in [0.2, 0.25) is 0 Å². The summed E-state index contributed by atoms with van der Waals surface area (Å²) >= 11 is 3.80. The highest BCUT2D eigenvalue weighted by Crippen LogP contribution is 2.30. The molecule has 0 aromatic carbocycles. The van der Waals surface area contributed by atoms with Crippen molar-refractivity contribution >= 4 is 22.7 Å². The molecule has 0 spiro atoms. The molecule has 0 N–H and O–H groups in total. The molecule has 0 amide bonds. The fraction of sp³-hybridized carbons (Fsp3) is 0.467.